The molecule has 0 aliphatic carbocycles. The summed E-state index contributed by atoms with van der Waals surface area (Å²) in [4.78, 5) is 12.6. The summed E-state index contributed by atoms with van der Waals surface area (Å²) in [6.45, 7) is 7.04. The highest BCUT2D eigenvalue weighted by molar-refractivity contribution is 5.82. The SMILES string of the molecule is C=C1CCC[C@@H]2CC=CC(C/C=C\C(=O)OC(C(O)/C=C/C3CC(C)CCO3)C[C@@H]3OC3[C@@H](O)C1)O2. The van der Waals surface area contributed by atoms with Crippen LogP contribution in [0, 0.1) is 5.92 Å². The van der Waals surface area contributed by atoms with Gasteiger partial charge in [0.05, 0.1) is 30.5 Å². The third-order valence-electron chi connectivity index (χ3n) is 7.51. The van der Waals surface area contributed by atoms with E-state index in [9.17, 15) is 15.0 Å². The van der Waals surface area contributed by atoms with Gasteiger partial charge in [-0.05, 0) is 57.3 Å². The number of hydrogen-bond donors (Lipinski definition) is 2. The lowest BCUT2D eigenvalue weighted by Crippen LogP contribution is -2.32. The third kappa shape index (κ3) is 8.38. The predicted molar refractivity (Wildman–Crippen MR) is 136 cm³/mol. The standard InChI is InChI=1S/C29H42O7/c1-19-6-3-7-21-8-4-9-22(34-21)10-5-11-28(32)35-26(18-27-29(36-27)25(31)17-19)24(30)13-12-23-16-20(2)14-15-33-23/h4-5,9,11-13,20-27,29-31H,1,3,6-8,10,14-18H2,2H3/b11-5-,13-12+/t20?,21-,22?,23?,24?,25+,26?,27+,29?/m1/s1. The Morgan fingerprint density at radius 2 is 2.03 bits per heavy atom. The van der Waals surface area contributed by atoms with Gasteiger partial charge < -0.3 is 29.2 Å². The lowest BCUT2D eigenvalue weighted by atomic mass is 9.96. The lowest BCUT2D eigenvalue weighted by molar-refractivity contribution is -0.148. The van der Waals surface area contributed by atoms with Crippen LogP contribution in [0.15, 0.2) is 48.6 Å². The van der Waals surface area contributed by atoms with E-state index in [-0.39, 0.29) is 30.5 Å². The van der Waals surface area contributed by atoms with Gasteiger partial charge in [-0.3, -0.25) is 0 Å². The Kier molecular flexibility index (Phi) is 9.96. The summed E-state index contributed by atoms with van der Waals surface area (Å²) >= 11 is 0. The first-order valence-corrected chi connectivity index (χ1v) is 13.5. The van der Waals surface area contributed by atoms with E-state index in [0.717, 1.165) is 44.1 Å². The van der Waals surface area contributed by atoms with Gasteiger partial charge in [0.25, 0.3) is 0 Å². The number of aliphatic hydroxyl groups is 2. The zero-order valence-corrected chi connectivity index (χ0v) is 21.4. The van der Waals surface area contributed by atoms with E-state index in [0.29, 0.717) is 31.8 Å². The molecular weight excluding hydrogens is 460 g/mol. The van der Waals surface area contributed by atoms with Gasteiger partial charge in [-0.2, -0.15) is 0 Å². The van der Waals surface area contributed by atoms with Crippen LogP contribution in [0.25, 0.3) is 0 Å². The second-order valence-electron chi connectivity index (χ2n) is 10.8. The molecule has 0 aromatic heterocycles. The maximum Gasteiger partial charge on any atom is 0.330 e. The normalized spacial score (nSPS) is 40.5. The van der Waals surface area contributed by atoms with Crippen molar-refractivity contribution < 1.29 is 34.0 Å². The zero-order chi connectivity index (χ0) is 25.5. The quantitative estimate of drug-likeness (QED) is 0.343. The van der Waals surface area contributed by atoms with E-state index in [2.05, 4.69) is 19.6 Å². The number of fused-ring (bicyclic) bond motifs is 3. The Labute approximate surface area is 214 Å². The molecule has 0 radical (unpaired) electrons. The summed E-state index contributed by atoms with van der Waals surface area (Å²) in [6, 6.07) is 0. The monoisotopic (exact) mass is 502 g/mol. The molecule has 2 fully saturated rings. The molecule has 200 valence electrons. The maximum atomic E-state index is 12.6. The average Bonchev–Trinajstić information content (AvgIpc) is 3.61. The van der Waals surface area contributed by atoms with Crippen molar-refractivity contribution in [3.63, 3.8) is 0 Å². The summed E-state index contributed by atoms with van der Waals surface area (Å²) < 4.78 is 23.3. The molecule has 0 amide bonds. The highest BCUT2D eigenvalue weighted by Crippen LogP contribution is 2.34. The van der Waals surface area contributed by atoms with Gasteiger partial charge in [-0.25, -0.2) is 4.79 Å². The number of epoxide rings is 1. The van der Waals surface area contributed by atoms with Crippen LogP contribution >= 0.6 is 0 Å². The molecule has 4 aliphatic heterocycles. The van der Waals surface area contributed by atoms with Gasteiger partial charge >= 0.3 is 5.97 Å². The van der Waals surface area contributed by atoms with Gasteiger partial charge in [0, 0.05) is 19.1 Å². The third-order valence-corrected chi connectivity index (χ3v) is 7.51. The Balaban J connectivity index is 1.42. The number of aliphatic hydroxyl groups excluding tert-OH is 2. The molecule has 0 saturated carbocycles. The van der Waals surface area contributed by atoms with Crippen molar-refractivity contribution >= 4 is 5.97 Å². The molecule has 36 heavy (non-hydrogen) atoms. The molecule has 0 spiro atoms. The van der Waals surface area contributed by atoms with Gasteiger partial charge in [0.1, 0.15) is 18.3 Å². The van der Waals surface area contributed by atoms with Crippen molar-refractivity contribution in [2.75, 3.05) is 6.61 Å². The molecule has 0 aromatic rings. The Morgan fingerprint density at radius 1 is 1.17 bits per heavy atom. The first-order chi connectivity index (χ1) is 17.4. The highest BCUT2D eigenvalue weighted by atomic mass is 16.6. The summed E-state index contributed by atoms with van der Waals surface area (Å²) in [7, 11) is 0. The number of carbonyl (C=O) groups is 1. The summed E-state index contributed by atoms with van der Waals surface area (Å²) in [5.74, 6) is 0.0540. The number of hydrogen-bond acceptors (Lipinski definition) is 7. The van der Waals surface area contributed by atoms with E-state index in [1.54, 1.807) is 12.2 Å². The molecule has 6 unspecified atom stereocenters. The molecule has 4 rings (SSSR count). The van der Waals surface area contributed by atoms with Crippen molar-refractivity contribution in [2.24, 2.45) is 5.92 Å². The highest BCUT2D eigenvalue weighted by Gasteiger charge is 2.46. The molecule has 2 saturated heterocycles. The lowest BCUT2D eigenvalue weighted by Gasteiger charge is -2.26. The smallest absolute Gasteiger partial charge is 0.330 e. The van der Waals surface area contributed by atoms with Crippen molar-refractivity contribution in [1.82, 2.24) is 0 Å². The molecule has 0 aromatic carbocycles. The summed E-state index contributed by atoms with van der Waals surface area (Å²) in [6.07, 6.45) is 14.7. The van der Waals surface area contributed by atoms with E-state index >= 15 is 0 Å². The largest absolute Gasteiger partial charge is 0.456 e. The van der Waals surface area contributed by atoms with E-state index in [4.69, 9.17) is 18.9 Å². The first-order valence-electron chi connectivity index (χ1n) is 13.5. The number of ether oxygens (including phenoxy) is 4. The fourth-order valence-electron chi connectivity index (χ4n) is 5.30. The molecule has 9 atom stereocenters. The predicted octanol–water partition coefficient (Wildman–Crippen LogP) is 3.94. The number of carbonyl (C=O) groups excluding carboxylic acids is 1. The van der Waals surface area contributed by atoms with Crippen LogP contribution in [0.2, 0.25) is 0 Å². The van der Waals surface area contributed by atoms with Crippen molar-refractivity contribution in [2.45, 2.75) is 114 Å². The van der Waals surface area contributed by atoms with E-state index in [1.807, 2.05) is 12.2 Å². The van der Waals surface area contributed by atoms with Gasteiger partial charge in [0.2, 0.25) is 0 Å². The van der Waals surface area contributed by atoms with E-state index < -0.39 is 24.3 Å². The molecular formula is C29H42O7. The van der Waals surface area contributed by atoms with Gasteiger partial charge in [0.15, 0.2) is 0 Å². The number of cyclic esters (lactones) is 1. The van der Waals surface area contributed by atoms with Crippen LogP contribution in [0.4, 0.5) is 0 Å². The number of esters is 1. The van der Waals surface area contributed by atoms with Crippen LogP contribution in [-0.4, -0.2) is 71.6 Å². The molecule has 7 heteroatoms. The number of rotatable bonds is 3. The first kappa shape index (κ1) is 27.3. The average molecular weight is 503 g/mol. The second kappa shape index (κ2) is 13.2. The van der Waals surface area contributed by atoms with Gasteiger partial charge in [-0.15, -0.1) is 0 Å². The molecule has 4 aliphatic rings. The molecule has 2 N–H and O–H groups in total. The molecule has 7 nitrogen and oxygen atoms in total. The fourth-order valence-corrected chi connectivity index (χ4v) is 5.30. The van der Waals surface area contributed by atoms with Crippen molar-refractivity contribution in [3.05, 3.63) is 48.6 Å². The van der Waals surface area contributed by atoms with E-state index in [1.165, 1.54) is 6.08 Å². The van der Waals surface area contributed by atoms with Crippen LogP contribution < -0.4 is 0 Å². The molecule has 2 bridgehead atoms. The van der Waals surface area contributed by atoms with Crippen LogP contribution in [0.1, 0.15) is 64.7 Å². The van der Waals surface area contributed by atoms with Crippen LogP contribution in [-0.2, 0) is 23.7 Å². The topological polar surface area (TPSA) is 97.8 Å². The minimum atomic E-state index is -1.00. The van der Waals surface area contributed by atoms with Crippen LogP contribution in [0.5, 0.6) is 0 Å². The Hall–Kier alpha value is -1.77. The Morgan fingerprint density at radius 3 is 2.86 bits per heavy atom. The summed E-state index contributed by atoms with van der Waals surface area (Å²) in [5, 5.41) is 21.6. The minimum absolute atomic E-state index is 0.0525. The van der Waals surface area contributed by atoms with Crippen LogP contribution in [0.3, 0.4) is 0 Å². The maximum absolute atomic E-state index is 12.6. The fraction of sp³-hybridized carbons (Fsp3) is 0.690. The Bertz CT molecular complexity index is 833. The van der Waals surface area contributed by atoms with Crippen molar-refractivity contribution in [3.8, 4) is 0 Å². The zero-order valence-electron chi connectivity index (χ0n) is 21.4. The van der Waals surface area contributed by atoms with Gasteiger partial charge in [-0.1, -0.05) is 49.5 Å². The minimum Gasteiger partial charge on any atom is -0.456 e. The van der Waals surface area contributed by atoms with Crippen molar-refractivity contribution in [1.29, 1.82) is 0 Å². The second-order valence-corrected chi connectivity index (χ2v) is 10.8. The summed E-state index contributed by atoms with van der Waals surface area (Å²) in [5.41, 5.74) is 0.997. The molecule has 4 heterocycles.